The number of hydrogen-bond acceptors (Lipinski definition) is 8. The van der Waals surface area contributed by atoms with E-state index in [1.807, 2.05) is 19.1 Å². The number of nitrogens with zero attached hydrogens (tertiary/aromatic N) is 5. The van der Waals surface area contributed by atoms with Crippen molar-refractivity contribution >= 4 is 21.5 Å². The Morgan fingerprint density at radius 3 is 2.52 bits per heavy atom. The molecule has 0 radical (unpaired) electrons. The molecule has 4 bridgehead atoms. The van der Waals surface area contributed by atoms with Crippen molar-refractivity contribution in [3.8, 4) is 22.9 Å². The maximum atomic E-state index is 11.9. The van der Waals surface area contributed by atoms with E-state index in [2.05, 4.69) is 4.90 Å². The fraction of sp³-hybridized carbons (Fsp3) is 0.545. The summed E-state index contributed by atoms with van der Waals surface area (Å²) in [6.45, 7) is 7.46. The van der Waals surface area contributed by atoms with Gasteiger partial charge in [0.15, 0.2) is 17.3 Å². The molecule has 0 amide bonds. The number of benzene rings is 1. The highest BCUT2D eigenvalue weighted by Crippen LogP contribution is 2.49. The summed E-state index contributed by atoms with van der Waals surface area (Å²) < 4.78 is 37.5. The SMILES string of the molecule is CCOc1c(CN2CCN(S(C)(=O)=O)CC2)nc2nc1[N+]1(CCOCC1)c1ccc-2cc1O. The second-order valence-electron chi connectivity index (χ2n) is 8.75. The van der Waals surface area contributed by atoms with E-state index in [0.717, 1.165) is 22.8 Å². The minimum atomic E-state index is -3.19. The van der Waals surface area contributed by atoms with Gasteiger partial charge in [-0.15, -0.1) is 0 Å². The molecule has 0 unspecified atom stereocenters. The van der Waals surface area contributed by atoms with Crippen molar-refractivity contribution in [2.24, 2.45) is 0 Å². The van der Waals surface area contributed by atoms with Gasteiger partial charge in [0.1, 0.15) is 18.8 Å². The zero-order chi connectivity index (χ0) is 23.2. The number of aromatic hydroxyl groups is 1. The zero-order valence-electron chi connectivity index (χ0n) is 19.0. The predicted molar refractivity (Wildman–Crippen MR) is 124 cm³/mol. The summed E-state index contributed by atoms with van der Waals surface area (Å²) in [5.74, 6) is 2.19. The third-order valence-corrected chi connectivity index (χ3v) is 8.02. The number of morpholine rings is 1. The number of quaternary nitrogens is 1. The van der Waals surface area contributed by atoms with Crippen LogP contribution in [-0.2, 0) is 21.3 Å². The number of phenols is 1. The van der Waals surface area contributed by atoms with Crippen LogP contribution >= 0.6 is 0 Å². The van der Waals surface area contributed by atoms with Crippen LogP contribution in [0.1, 0.15) is 12.6 Å². The summed E-state index contributed by atoms with van der Waals surface area (Å²) in [7, 11) is -3.19. The van der Waals surface area contributed by atoms with Crippen molar-refractivity contribution in [1.82, 2.24) is 23.7 Å². The minimum absolute atomic E-state index is 0.227. The summed E-state index contributed by atoms with van der Waals surface area (Å²) in [5.41, 5.74) is 2.34. The van der Waals surface area contributed by atoms with Gasteiger partial charge in [0.25, 0.3) is 5.82 Å². The maximum Gasteiger partial charge on any atom is 0.280 e. The molecule has 2 aromatic rings. The second-order valence-corrected chi connectivity index (χ2v) is 10.7. The molecule has 4 aliphatic heterocycles. The molecule has 4 aliphatic rings. The molecule has 0 atom stereocenters. The van der Waals surface area contributed by atoms with E-state index in [4.69, 9.17) is 19.4 Å². The van der Waals surface area contributed by atoms with Crippen LogP contribution in [0.5, 0.6) is 11.5 Å². The molecular formula is C22H30N5O5S+. The van der Waals surface area contributed by atoms with Crippen LogP contribution in [0, 0.1) is 0 Å². The molecule has 33 heavy (non-hydrogen) atoms. The van der Waals surface area contributed by atoms with Crippen LogP contribution in [0.4, 0.5) is 11.5 Å². The Morgan fingerprint density at radius 2 is 1.88 bits per heavy atom. The van der Waals surface area contributed by atoms with Crippen LogP contribution in [-0.4, -0.2) is 98.0 Å². The molecule has 10 nitrogen and oxygen atoms in total. The van der Waals surface area contributed by atoms with E-state index in [1.54, 1.807) is 6.07 Å². The van der Waals surface area contributed by atoms with E-state index in [-0.39, 0.29) is 5.75 Å². The number of aromatic nitrogens is 2. The molecule has 0 aliphatic carbocycles. The lowest BCUT2D eigenvalue weighted by Gasteiger charge is -2.41. The van der Waals surface area contributed by atoms with Gasteiger partial charge in [0.2, 0.25) is 15.8 Å². The van der Waals surface area contributed by atoms with Crippen LogP contribution in [0.25, 0.3) is 11.4 Å². The van der Waals surface area contributed by atoms with E-state index in [0.29, 0.717) is 81.7 Å². The van der Waals surface area contributed by atoms with Gasteiger partial charge in [-0.25, -0.2) is 17.9 Å². The van der Waals surface area contributed by atoms with Gasteiger partial charge in [-0.3, -0.25) is 4.90 Å². The van der Waals surface area contributed by atoms with Crippen molar-refractivity contribution in [3.05, 3.63) is 23.9 Å². The third kappa shape index (κ3) is 3.97. The summed E-state index contributed by atoms with van der Waals surface area (Å²) >= 11 is 0. The average Bonchev–Trinajstić information content (AvgIpc) is 2.79. The van der Waals surface area contributed by atoms with Crippen LogP contribution in [0.15, 0.2) is 18.2 Å². The topological polar surface area (TPSA) is 105 Å². The summed E-state index contributed by atoms with van der Waals surface area (Å²) in [4.78, 5) is 12.0. The molecule has 2 saturated heterocycles. The number of sulfonamides is 1. The monoisotopic (exact) mass is 476 g/mol. The molecule has 5 heterocycles. The Bertz CT molecular complexity index is 1160. The Balaban J connectivity index is 1.57. The van der Waals surface area contributed by atoms with Gasteiger partial charge >= 0.3 is 0 Å². The maximum absolute atomic E-state index is 11.9. The van der Waals surface area contributed by atoms with Gasteiger partial charge in [-0.1, -0.05) is 0 Å². The lowest BCUT2D eigenvalue weighted by Crippen LogP contribution is -2.53. The number of fused-ring (bicyclic) bond motifs is 2. The van der Waals surface area contributed by atoms with Gasteiger partial charge in [-0.05, 0) is 19.1 Å². The first-order valence-corrected chi connectivity index (χ1v) is 13.2. The minimum Gasteiger partial charge on any atom is -0.503 e. The number of piperazine rings is 1. The standard InChI is InChI=1S/C22H29N5O5S/c1-3-32-20-17(15-25-6-8-26(9-7-25)33(2,29)30)23-21-16-4-5-18(19(28)14-16)27(22(20)24-21)10-12-31-13-11-27/h4-5,14H,3,6-13,15H2,1-2H3/p+1. The summed E-state index contributed by atoms with van der Waals surface area (Å²) in [6.07, 6.45) is 1.25. The van der Waals surface area contributed by atoms with Crippen molar-refractivity contribution in [2.45, 2.75) is 13.5 Å². The van der Waals surface area contributed by atoms with Gasteiger partial charge in [0.05, 0.1) is 26.1 Å². The Kier molecular flexibility index (Phi) is 5.78. The van der Waals surface area contributed by atoms with Crippen LogP contribution < -0.4 is 9.22 Å². The molecule has 178 valence electrons. The number of phenolic OH excluding ortho intramolecular Hbond substituents is 1. The number of rotatable bonds is 5. The van der Waals surface area contributed by atoms with E-state index in [9.17, 15) is 13.5 Å². The lowest BCUT2D eigenvalue weighted by atomic mass is 10.1. The third-order valence-electron chi connectivity index (χ3n) is 6.72. The Morgan fingerprint density at radius 1 is 1.15 bits per heavy atom. The second kappa shape index (κ2) is 8.48. The normalized spacial score (nSPS) is 20.5. The molecule has 1 aromatic carbocycles. The van der Waals surface area contributed by atoms with Gasteiger partial charge in [-0.2, -0.15) is 9.29 Å². The average molecular weight is 477 g/mol. The predicted octanol–water partition coefficient (Wildman–Crippen LogP) is 1.31. The first kappa shape index (κ1) is 22.5. The van der Waals surface area contributed by atoms with Gasteiger partial charge < -0.3 is 14.6 Å². The van der Waals surface area contributed by atoms with Crippen molar-refractivity contribution in [1.29, 1.82) is 0 Å². The smallest absolute Gasteiger partial charge is 0.280 e. The molecule has 1 aromatic heterocycles. The first-order valence-electron chi connectivity index (χ1n) is 11.3. The largest absolute Gasteiger partial charge is 0.503 e. The highest BCUT2D eigenvalue weighted by Gasteiger charge is 2.45. The molecular weight excluding hydrogens is 446 g/mol. The molecule has 11 heteroatoms. The molecule has 0 saturated carbocycles. The molecule has 1 N–H and O–H groups in total. The molecule has 6 rings (SSSR count). The molecule has 2 fully saturated rings. The van der Waals surface area contributed by atoms with Crippen molar-refractivity contribution < 1.29 is 23.0 Å². The fourth-order valence-corrected chi connectivity index (χ4v) is 5.81. The van der Waals surface area contributed by atoms with Crippen LogP contribution in [0.2, 0.25) is 0 Å². The van der Waals surface area contributed by atoms with Gasteiger partial charge in [0, 0.05) is 44.4 Å². The Labute approximate surface area is 194 Å². The van der Waals surface area contributed by atoms with E-state index in [1.165, 1.54) is 10.6 Å². The summed E-state index contributed by atoms with van der Waals surface area (Å²) in [5, 5.41) is 10.9. The van der Waals surface area contributed by atoms with E-state index < -0.39 is 10.0 Å². The van der Waals surface area contributed by atoms with Crippen molar-refractivity contribution in [3.63, 3.8) is 0 Å². The number of ether oxygens (including phenoxy) is 2. The Hall–Kier alpha value is -2.31. The summed E-state index contributed by atoms with van der Waals surface area (Å²) in [6, 6.07) is 5.65. The lowest BCUT2D eigenvalue weighted by molar-refractivity contribution is 0.0609. The number of hydrogen-bond donors (Lipinski definition) is 1. The fourth-order valence-electron chi connectivity index (χ4n) is 4.98. The van der Waals surface area contributed by atoms with Crippen LogP contribution in [0.3, 0.4) is 0 Å². The quantitative estimate of drug-likeness (QED) is 0.644. The van der Waals surface area contributed by atoms with E-state index >= 15 is 0 Å². The zero-order valence-corrected chi connectivity index (χ0v) is 19.8. The molecule has 1 spiro atoms. The highest BCUT2D eigenvalue weighted by molar-refractivity contribution is 7.88. The first-order chi connectivity index (χ1) is 15.8. The van der Waals surface area contributed by atoms with Crippen molar-refractivity contribution in [2.75, 3.05) is 65.3 Å². The highest BCUT2D eigenvalue weighted by atomic mass is 32.2.